The molecule has 0 saturated carbocycles. The van der Waals surface area contributed by atoms with Gasteiger partial charge in [0.15, 0.2) is 0 Å². The zero-order valence-corrected chi connectivity index (χ0v) is 15.7. The Hall–Kier alpha value is 0.736. The van der Waals surface area contributed by atoms with Crippen LogP contribution in [0.25, 0.3) is 0 Å². The Labute approximate surface area is 107 Å². The molecule has 1 unspecified atom stereocenters. The van der Waals surface area contributed by atoms with Crippen molar-refractivity contribution in [3.8, 4) is 0 Å². The average molecular weight is 344 g/mol. The van der Waals surface area contributed by atoms with Gasteiger partial charge in [0.05, 0.1) is 0 Å². The summed E-state index contributed by atoms with van der Waals surface area (Å²) in [6, 6.07) is 10.1. The molecule has 0 aliphatic rings. The van der Waals surface area contributed by atoms with Crippen LogP contribution < -0.4 is 5.30 Å². The number of hydrogen-bond acceptors (Lipinski definition) is 0. The Morgan fingerprint density at radius 1 is 0.867 bits per heavy atom. The Balaban J connectivity index is 0.000000262. The number of hydrogen-bond donors (Lipinski definition) is 0. The normalized spacial score (nSPS) is 10.1. The zero-order valence-electron chi connectivity index (χ0n) is 10.4. The Morgan fingerprint density at radius 2 is 1.27 bits per heavy atom. The molecule has 0 amide bonds. The van der Waals surface area contributed by atoms with Gasteiger partial charge >= 0.3 is 62.2 Å². The van der Waals surface area contributed by atoms with E-state index in [1.807, 2.05) is 30.3 Å². The summed E-state index contributed by atoms with van der Waals surface area (Å²) in [5.41, 5.74) is 0. The summed E-state index contributed by atoms with van der Waals surface area (Å²) in [5, 5.41) is 4.49. The zero-order chi connectivity index (χ0) is 11.7. The van der Waals surface area contributed by atoms with Crippen molar-refractivity contribution < 1.29 is 0 Å². The van der Waals surface area contributed by atoms with E-state index in [0.717, 1.165) is 0 Å². The van der Waals surface area contributed by atoms with Gasteiger partial charge in [0.25, 0.3) is 0 Å². The fourth-order valence-corrected chi connectivity index (χ4v) is 14.2. The van der Waals surface area contributed by atoms with Crippen molar-refractivity contribution >= 4 is 43.2 Å². The second kappa shape index (κ2) is 9.93. The molecule has 84 valence electrons. The van der Waals surface area contributed by atoms with Crippen LogP contribution in [0, 0.1) is 0 Å². The molecule has 1 aromatic rings. The van der Waals surface area contributed by atoms with Gasteiger partial charge in [-0.3, -0.25) is 0 Å². The fraction of sp³-hybridized carbons (Fsp3) is 0.500. The Bertz CT molecular complexity index is 227. The van der Waals surface area contributed by atoms with Gasteiger partial charge < -0.3 is 0 Å². The predicted octanol–water partition coefficient (Wildman–Crippen LogP) is 3.68. The third-order valence-corrected chi connectivity index (χ3v) is 9.76. The molecule has 0 fully saturated rings. The fourth-order valence-electron chi connectivity index (χ4n) is 0.953. The van der Waals surface area contributed by atoms with Crippen LogP contribution in [0.4, 0.5) is 0 Å². The van der Waals surface area contributed by atoms with Crippen LogP contribution in [0.2, 0.25) is 33.5 Å². The summed E-state index contributed by atoms with van der Waals surface area (Å²) >= 11 is -0.815. The summed E-state index contributed by atoms with van der Waals surface area (Å²) in [6.45, 7) is 0. The first-order valence-electron chi connectivity index (χ1n) is 5.41. The van der Waals surface area contributed by atoms with Gasteiger partial charge in [0.1, 0.15) is 0 Å². The topological polar surface area (TPSA) is 0 Å². The molecular weight excluding hydrogens is 320 g/mol. The van der Waals surface area contributed by atoms with Gasteiger partial charge in [-0.2, -0.15) is 0 Å². The van der Waals surface area contributed by atoms with E-state index in [0.29, 0.717) is 0 Å². The van der Waals surface area contributed by atoms with Crippen LogP contribution in [0.1, 0.15) is 0 Å². The van der Waals surface area contributed by atoms with E-state index in [1.165, 1.54) is 5.30 Å². The average Bonchev–Trinajstić information content (AvgIpc) is 2.17. The summed E-state index contributed by atoms with van der Waals surface area (Å²) in [7, 11) is 2.63. The van der Waals surface area contributed by atoms with Crippen molar-refractivity contribution in [2.45, 2.75) is 33.5 Å². The van der Waals surface area contributed by atoms with Crippen LogP contribution in [0.5, 0.6) is 0 Å². The molecule has 3 heteroatoms. The maximum absolute atomic E-state index is 2.63. The molecule has 15 heavy (non-hydrogen) atoms. The molecular formula is C12H23Ge2P. The van der Waals surface area contributed by atoms with Crippen molar-refractivity contribution in [2.75, 3.05) is 0 Å². The Morgan fingerprint density at radius 3 is 1.47 bits per heavy atom. The molecule has 0 saturated heterocycles. The summed E-state index contributed by atoms with van der Waals surface area (Å²) < 4.78 is 0. The molecule has 0 heterocycles. The maximum atomic E-state index is 2.63. The van der Waals surface area contributed by atoms with Gasteiger partial charge in [-0.1, -0.05) is 30.3 Å². The van der Waals surface area contributed by atoms with E-state index >= 15 is 0 Å². The van der Waals surface area contributed by atoms with E-state index < -0.39 is 28.7 Å². The monoisotopic (exact) mass is 346 g/mol. The molecule has 1 atom stereocenters. The SMILES string of the molecule is Pc1ccccc1.[CH3][Ge]([CH3])[CH2][CH2][Ge]([CH3])[CH3]. The second-order valence-corrected chi connectivity index (χ2v) is 17.2. The van der Waals surface area contributed by atoms with Crippen LogP contribution in [-0.2, 0) is 0 Å². The van der Waals surface area contributed by atoms with E-state index in [-0.39, 0.29) is 0 Å². The molecule has 1 aromatic carbocycles. The summed E-state index contributed by atoms with van der Waals surface area (Å²) in [4.78, 5) is 0. The van der Waals surface area contributed by atoms with Crippen molar-refractivity contribution in [1.82, 2.24) is 0 Å². The quantitative estimate of drug-likeness (QED) is 0.580. The third-order valence-electron chi connectivity index (χ3n) is 1.92. The van der Waals surface area contributed by atoms with Crippen LogP contribution >= 0.6 is 9.24 Å². The van der Waals surface area contributed by atoms with E-state index in [9.17, 15) is 0 Å². The van der Waals surface area contributed by atoms with Crippen molar-refractivity contribution in [1.29, 1.82) is 0 Å². The molecule has 0 bridgehead atoms. The van der Waals surface area contributed by atoms with Crippen LogP contribution in [-0.4, -0.2) is 28.7 Å². The van der Waals surface area contributed by atoms with E-state index in [4.69, 9.17) is 0 Å². The first-order chi connectivity index (χ1) is 7.02. The minimum atomic E-state index is -0.408. The molecule has 0 aromatic heterocycles. The van der Waals surface area contributed by atoms with Crippen molar-refractivity contribution in [3.05, 3.63) is 30.3 Å². The third kappa shape index (κ3) is 12.7. The Kier molecular flexibility index (Phi) is 10.4. The number of benzene rings is 1. The predicted molar refractivity (Wildman–Crippen MR) is 80.4 cm³/mol. The molecule has 0 N–H and O–H groups in total. The first kappa shape index (κ1) is 15.7. The molecule has 2 radical (unpaired) electrons. The van der Waals surface area contributed by atoms with Crippen LogP contribution in [0.3, 0.4) is 0 Å². The molecule has 0 nitrogen and oxygen atoms in total. The van der Waals surface area contributed by atoms with Crippen molar-refractivity contribution in [3.63, 3.8) is 0 Å². The summed E-state index contributed by atoms with van der Waals surface area (Å²) in [5.74, 6) is 9.89. The summed E-state index contributed by atoms with van der Waals surface area (Å²) in [6.07, 6.45) is 0. The van der Waals surface area contributed by atoms with E-state index in [1.54, 1.807) is 10.5 Å². The van der Waals surface area contributed by atoms with Crippen LogP contribution in [0.15, 0.2) is 30.3 Å². The standard InChI is InChI=1S/C6H16Ge2.C6H7P/c1-7(2)5-6-8(3)4;7-6-4-2-1-3-5-6/h5-6H2,1-4H3;1-5H,7H2. The molecule has 1 rings (SSSR count). The molecule has 0 spiro atoms. The van der Waals surface area contributed by atoms with Gasteiger partial charge in [-0.25, -0.2) is 0 Å². The van der Waals surface area contributed by atoms with Gasteiger partial charge in [0.2, 0.25) is 0 Å². The molecule has 0 aliphatic heterocycles. The van der Waals surface area contributed by atoms with Gasteiger partial charge in [-0.15, -0.1) is 9.24 Å². The van der Waals surface area contributed by atoms with Gasteiger partial charge in [-0.05, 0) is 5.30 Å². The van der Waals surface area contributed by atoms with Crippen molar-refractivity contribution in [2.24, 2.45) is 0 Å². The van der Waals surface area contributed by atoms with Gasteiger partial charge in [0, 0.05) is 0 Å². The molecule has 0 aliphatic carbocycles. The minimum absolute atomic E-state index is 0.408. The second-order valence-electron chi connectivity index (χ2n) is 4.32. The first-order valence-corrected chi connectivity index (χ1v) is 17.3. The van der Waals surface area contributed by atoms with E-state index in [2.05, 4.69) is 32.3 Å². The number of rotatable bonds is 3.